The molecule has 0 atom stereocenters. The molecule has 0 aliphatic heterocycles. The van der Waals surface area contributed by atoms with Crippen molar-refractivity contribution in [2.45, 2.75) is 0 Å². The number of hydrogen-bond acceptors (Lipinski definition) is 2. The van der Waals surface area contributed by atoms with Crippen LogP contribution in [0.25, 0.3) is 0 Å². The molecule has 0 aromatic heterocycles. The molecule has 0 heterocycles. The third-order valence-corrected chi connectivity index (χ3v) is 3.41. The summed E-state index contributed by atoms with van der Waals surface area (Å²) in [6.45, 7) is 0. The van der Waals surface area contributed by atoms with Crippen molar-refractivity contribution in [1.82, 2.24) is 0 Å². The van der Waals surface area contributed by atoms with E-state index >= 15 is 0 Å². The second kappa shape index (κ2) is 6.60. The lowest BCUT2D eigenvalue weighted by Gasteiger charge is -2.11. The minimum atomic E-state index is -1.13. The zero-order valence-electron chi connectivity index (χ0n) is 10.6. The van der Waals surface area contributed by atoms with Crippen molar-refractivity contribution in [1.29, 1.82) is 0 Å². The summed E-state index contributed by atoms with van der Waals surface area (Å²) >= 11 is 9.12. The normalized spacial score (nSPS) is 10.0. The van der Waals surface area contributed by atoms with E-state index in [0.717, 1.165) is 0 Å². The highest BCUT2D eigenvalue weighted by molar-refractivity contribution is 9.10. The Morgan fingerprint density at radius 2 is 1.71 bits per heavy atom. The second-order valence-corrected chi connectivity index (χ2v) is 5.38. The zero-order valence-corrected chi connectivity index (χ0v) is 12.9. The quantitative estimate of drug-likeness (QED) is 0.748. The van der Waals surface area contributed by atoms with Gasteiger partial charge in [-0.25, -0.2) is 9.59 Å². The first-order valence-electron chi connectivity index (χ1n) is 5.83. The van der Waals surface area contributed by atoms with Gasteiger partial charge in [-0.3, -0.25) is 0 Å². The van der Waals surface area contributed by atoms with Crippen LogP contribution in [0.1, 0.15) is 10.4 Å². The molecule has 0 unspecified atom stereocenters. The summed E-state index contributed by atoms with van der Waals surface area (Å²) in [5, 5.41) is 14.6. The Kier molecular flexibility index (Phi) is 4.82. The Balaban J connectivity index is 2.17. The number of amides is 2. The molecular weight excluding hydrogens is 360 g/mol. The van der Waals surface area contributed by atoms with Gasteiger partial charge in [0.15, 0.2) is 0 Å². The molecule has 7 heteroatoms. The number of rotatable bonds is 3. The maximum atomic E-state index is 11.9. The molecule has 0 aliphatic carbocycles. The molecule has 2 rings (SSSR count). The van der Waals surface area contributed by atoms with Gasteiger partial charge in [-0.2, -0.15) is 0 Å². The van der Waals surface area contributed by atoms with E-state index in [4.69, 9.17) is 16.7 Å². The number of urea groups is 1. The lowest BCUT2D eigenvalue weighted by Crippen LogP contribution is -2.21. The SMILES string of the molecule is O=C(Nc1ccccc1Cl)Nc1ccc(Br)cc1C(=O)O. The summed E-state index contributed by atoms with van der Waals surface area (Å²) in [5.74, 6) is -1.13. The average molecular weight is 370 g/mol. The maximum absolute atomic E-state index is 11.9. The van der Waals surface area contributed by atoms with Crippen LogP contribution in [-0.2, 0) is 0 Å². The Hall–Kier alpha value is -2.05. The topological polar surface area (TPSA) is 78.4 Å². The predicted octanol–water partition coefficient (Wildman–Crippen LogP) is 4.44. The van der Waals surface area contributed by atoms with Gasteiger partial charge in [0.25, 0.3) is 0 Å². The van der Waals surface area contributed by atoms with Gasteiger partial charge in [-0.05, 0) is 30.3 Å². The fraction of sp³-hybridized carbons (Fsp3) is 0. The summed E-state index contributed by atoms with van der Waals surface area (Å²) < 4.78 is 0.608. The van der Waals surface area contributed by atoms with Crippen molar-refractivity contribution in [3.05, 3.63) is 57.5 Å². The molecule has 0 spiro atoms. The van der Waals surface area contributed by atoms with Crippen LogP contribution in [0, 0.1) is 0 Å². The van der Waals surface area contributed by atoms with Crippen LogP contribution >= 0.6 is 27.5 Å². The van der Waals surface area contributed by atoms with Crippen molar-refractivity contribution in [3.63, 3.8) is 0 Å². The number of aromatic carboxylic acids is 1. The molecule has 0 fully saturated rings. The monoisotopic (exact) mass is 368 g/mol. The highest BCUT2D eigenvalue weighted by atomic mass is 79.9. The number of hydrogen-bond donors (Lipinski definition) is 3. The minimum Gasteiger partial charge on any atom is -0.478 e. The lowest BCUT2D eigenvalue weighted by molar-refractivity contribution is 0.0698. The van der Waals surface area contributed by atoms with Crippen molar-refractivity contribution in [2.24, 2.45) is 0 Å². The highest BCUT2D eigenvalue weighted by Crippen LogP contribution is 2.23. The summed E-state index contributed by atoms with van der Waals surface area (Å²) in [4.78, 5) is 23.1. The van der Waals surface area contributed by atoms with E-state index in [1.165, 1.54) is 12.1 Å². The number of anilines is 2. The van der Waals surface area contributed by atoms with E-state index < -0.39 is 12.0 Å². The third-order valence-electron chi connectivity index (χ3n) is 2.58. The molecule has 2 aromatic rings. The number of nitrogens with one attached hydrogen (secondary N) is 2. The third kappa shape index (κ3) is 3.96. The second-order valence-electron chi connectivity index (χ2n) is 4.05. The van der Waals surface area contributed by atoms with Crippen LogP contribution in [0.2, 0.25) is 5.02 Å². The van der Waals surface area contributed by atoms with E-state index in [-0.39, 0.29) is 11.3 Å². The number of carbonyl (C=O) groups is 2. The molecule has 21 heavy (non-hydrogen) atoms. The van der Waals surface area contributed by atoms with E-state index in [2.05, 4.69) is 26.6 Å². The Morgan fingerprint density at radius 1 is 1.05 bits per heavy atom. The van der Waals surface area contributed by atoms with Crippen LogP contribution in [0.3, 0.4) is 0 Å². The molecule has 108 valence electrons. The fourth-order valence-corrected chi connectivity index (χ4v) is 2.18. The summed E-state index contributed by atoms with van der Waals surface area (Å²) in [6.07, 6.45) is 0. The molecule has 0 saturated carbocycles. The number of carboxylic acids is 1. The number of benzene rings is 2. The van der Waals surface area contributed by atoms with Crippen molar-refractivity contribution < 1.29 is 14.7 Å². The standard InChI is InChI=1S/C14H10BrClN2O3/c15-8-5-6-11(9(7-8)13(19)20)17-14(21)18-12-4-2-1-3-10(12)16/h1-7H,(H,19,20)(H2,17,18,21). The van der Waals surface area contributed by atoms with Crippen LogP contribution in [0.15, 0.2) is 46.9 Å². The number of carbonyl (C=O) groups excluding carboxylic acids is 1. The van der Waals surface area contributed by atoms with Gasteiger partial charge in [-0.15, -0.1) is 0 Å². The van der Waals surface area contributed by atoms with Gasteiger partial charge in [0.1, 0.15) is 0 Å². The Bertz CT molecular complexity index is 706. The van der Waals surface area contributed by atoms with Crippen molar-refractivity contribution in [2.75, 3.05) is 10.6 Å². The van der Waals surface area contributed by atoms with Gasteiger partial charge in [0.2, 0.25) is 0 Å². The summed E-state index contributed by atoms with van der Waals surface area (Å²) in [7, 11) is 0. The van der Waals surface area contributed by atoms with E-state index in [1.54, 1.807) is 30.3 Å². The van der Waals surface area contributed by atoms with Crippen LogP contribution in [-0.4, -0.2) is 17.1 Å². The fourth-order valence-electron chi connectivity index (χ4n) is 1.64. The molecule has 0 aliphatic rings. The number of carboxylic acid groups (broad SMARTS) is 1. The van der Waals surface area contributed by atoms with Gasteiger partial charge in [0, 0.05) is 4.47 Å². The molecule has 5 nitrogen and oxygen atoms in total. The summed E-state index contributed by atoms with van der Waals surface area (Å²) in [5.41, 5.74) is 0.611. The van der Waals surface area contributed by atoms with Gasteiger partial charge >= 0.3 is 12.0 Å². The van der Waals surface area contributed by atoms with Gasteiger partial charge in [0.05, 0.1) is 22.0 Å². The van der Waals surface area contributed by atoms with Crippen LogP contribution < -0.4 is 10.6 Å². The molecule has 2 aromatic carbocycles. The van der Waals surface area contributed by atoms with E-state index in [1.807, 2.05) is 0 Å². The minimum absolute atomic E-state index is 0.0151. The summed E-state index contributed by atoms with van der Waals surface area (Å²) in [6, 6.07) is 10.7. The first kappa shape index (κ1) is 15.3. The van der Waals surface area contributed by atoms with E-state index in [0.29, 0.717) is 15.2 Å². The zero-order chi connectivity index (χ0) is 15.4. The molecule has 2 amide bonds. The largest absolute Gasteiger partial charge is 0.478 e. The van der Waals surface area contributed by atoms with Gasteiger partial charge in [-0.1, -0.05) is 39.7 Å². The highest BCUT2D eigenvalue weighted by Gasteiger charge is 2.13. The molecule has 0 radical (unpaired) electrons. The first-order valence-corrected chi connectivity index (χ1v) is 7.00. The Morgan fingerprint density at radius 3 is 2.38 bits per heavy atom. The average Bonchev–Trinajstić information content (AvgIpc) is 2.43. The maximum Gasteiger partial charge on any atom is 0.337 e. The molecule has 0 bridgehead atoms. The predicted molar refractivity (Wildman–Crippen MR) is 85.2 cm³/mol. The van der Waals surface area contributed by atoms with Crippen molar-refractivity contribution in [3.8, 4) is 0 Å². The van der Waals surface area contributed by atoms with Gasteiger partial charge < -0.3 is 15.7 Å². The smallest absolute Gasteiger partial charge is 0.337 e. The lowest BCUT2D eigenvalue weighted by atomic mass is 10.2. The Labute approximate surface area is 134 Å². The number of para-hydroxylation sites is 1. The first-order chi connectivity index (χ1) is 9.97. The van der Waals surface area contributed by atoms with Crippen LogP contribution in [0.4, 0.5) is 16.2 Å². The number of halogens is 2. The molecular formula is C14H10BrClN2O3. The van der Waals surface area contributed by atoms with E-state index in [9.17, 15) is 9.59 Å². The van der Waals surface area contributed by atoms with Crippen molar-refractivity contribution >= 4 is 50.9 Å². The molecule has 3 N–H and O–H groups in total. The molecule has 0 saturated heterocycles. The van der Waals surface area contributed by atoms with Crippen LogP contribution in [0.5, 0.6) is 0 Å².